The molecule has 2 aliphatic rings. The van der Waals surface area contributed by atoms with Crippen molar-refractivity contribution < 1.29 is 9.53 Å². The highest BCUT2D eigenvalue weighted by Gasteiger charge is 2.33. The van der Waals surface area contributed by atoms with Crippen molar-refractivity contribution in [3.05, 3.63) is 16.5 Å². The standard InChI is InChI=1S/C16H24ClN5O2/c1-16(2,3)24-15(23)22-9-11-12(10-22)18-14(17)19-13(11)21-7-5-20(4)6-8-21/h5-10H2,1-4H3. The summed E-state index contributed by atoms with van der Waals surface area (Å²) in [6, 6.07) is 0. The van der Waals surface area contributed by atoms with Gasteiger partial charge < -0.3 is 14.5 Å². The second-order valence-corrected chi connectivity index (χ2v) is 7.71. The van der Waals surface area contributed by atoms with Crippen molar-refractivity contribution in [3.8, 4) is 0 Å². The molecule has 2 aliphatic heterocycles. The normalized spacial score (nSPS) is 18.7. The molecule has 0 aliphatic carbocycles. The van der Waals surface area contributed by atoms with Crippen molar-refractivity contribution in [2.45, 2.75) is 39.5 Å². The number of carbonyl (C=O) groups is 1. The second kappa shape index (κ2) is 6.37. The lowest BCUT2D eigenvalue weighted by Crippen LogP contribution is -2.45. The largest absolute Gasteiger partial charge is 0.444 e. The Kier molecular flexibility index (Phi) is 4.57. The number of piperazine rings is 1. The monoisotopic (exact) mass is 353 g/mol. The number of anilines is 1. The fourth-order valence-electron chi connectivity index (χ4n) is 2.94. The minimum Gasteiger partial charge on any atom is -0.444 e. The quantitative estimate of drug-likeness (QED) is 0.721. The van der Waals surface area contributed by atoms with Crippen LogP contribution in [0.1, 0.15) is 32.0 Å². The van der Waals surface area contributed by atoms with E-state index in [1.165, 1.54) is 0 Å². The third-order valence-corrected chi connectivity index (χ3v) is 4.36. The van der Waals surface area contributed by atoms with Gasteiger partial charge >= 0.3 is 6.09 Å². The van der Waals surface area contributed by atoms with Crippen LogP contribution in [0.2, 0.25) is 5.28 Å². The van der Waals surface area contributed by atoms with Gasteiger partial charge in [0.15, 0.2) is 0 Å². The molecular formula is C16H24ClN5O2. The van der Waals surface area contributed by atoms with E-state index in [0.717, 1.165) is 43.3 Å². The van der Waals surface area contributed by atoms with E-state index in [1.807, 2.05) is 20.8 Å². The third-order valence-electron chi connectivity index (χ3n) is 4.19. The summed E-state index contributed by atoms with van der Waals surface area (Å²) < 4.78 is 5.47. The van der Waals surface area contributed by atoms with Crippen LogP contribution in [-0.2, 0) is 17.8 Å². The van der Waals surface area contributed by atoms with E-state index in [-0.39, 0.29) is 11.4 Å². The molecule has 1 amide bonds. The SMILES string of the molecule is CN1CCN(c2nc(Cl)nc3c2CN(C(=O)OC(C)(C)C)C3)CC1. The number of rotatable bonds is 1. The van der Waals surface area contributed by atoms with E-state index in [2.05, 4.69) is 26.8 Å². The summed E-state index contributed by atoms with van der Waals surface area (Å²) in [4.78, 5) is 27.3. The summed E-state index contributed by atoms with van der Waals surface area (Å²) in [5.41, 5.74) is 1.28. The van der Waals surface area contributed by atoms with Gasteiger partial charge in [0, 0.05) is 31.7 Å². The number of amides is 1. The van der Waals surface area contributed by atoms with E-state index in [0.29, 0.717) is 13.1 Å². The number of hydrogen-bond acceptors (Lipinski definition) is 6. The Morgan fingerprint density at radius 3 is 2.42 bits per heavy atom. The summed E-state index contributed by atoms with van der Waals surface area (Å²) in [5, 5.41) is 0.230. The molecule has 0 spiro atoms. The molecule has 132 valence electrons. The molecule has 0 bridgehead atoms. The molecule has 7 nitrogen and oxygen atoms in total. The molecule has 0 radical (unpaired) electrons. The second-order valence-electron chi connectivity index (χ2n) is 7.37. The topological polar surface area (TPSA) is 61.8 Å². The lowest BCUT2D eigenvalue weighted by atomic mass is 10.2. The molecule has 3 heterocycles. The van der Waals surface area contributed by atoms with Crippen LogP contribution >= 0.6 is 11.6 Å². The van der Waals surface area contributed by atoms with Gasteiger partial charge in [-0.25, -0.2) is 14.8 Å². The Hall–Kier alpha value is -1.60. The van der Waals surface area contributed by atoms with Gasteiger partial charge in [-0.3, -0.25) is 4.90 Å². The minimum atomic E-state index is -0.518. The van der Waals surface area contributed by atoms with Gasteiger partial charge in [0.1, 0.15) is 11.4 Å². The molecule has 3 rings (SSSR count). The first-order valence-corrected chi connectivity index (χ1v) is 8.57. The predicted octanol–water partition coefficient (Wildman–Crippen LogP) is 2.13. The summed E-state index contributed by atoms with van der Waals surface area (Å²) in [5.74, 6) is 0.851. The number of fused-ring (bicyclic) bond motifs is 1. The summed E-state index contributed by atoms with van der Waals surface area (Å²) >= 11 is 6.12. The van der Waals surface area contributed by atoms with Gasteiger partial charge in [-0.1, -0.05) is 0 Å². The smallest absolute Gasteiger partial charge is 0.410 e. The Bertz CT molecular complexity index is 638. The van der Waals surface area contributed by atoms with Crippen molar-refractivity contribution in [3.63, 3.8) is 0 Å². The molecule has 1 fully saturated rings. The molecule has 0 unspecified atom stereocenters. The van der Waals surface area contributed by atoms with Gasteiger partial charge in [-0.2, -0.15) is 0 Å². The van der Waals surface area contributed by atoms with Crippen LogP contribution in [0.3, 0.4) is 0 Å². The average molecular weight is 354 g/mol. The zero-order chi connectivity index (χ0) is 17.5. The highest BCUT2D eigenvalue weighted by molar-refractivity contribution is 6.28. The number of aromatic nitrogens is 2. The van der Waals surface area contributed by atoms with E-state index >= 15 is 0 Å². The van der Waals surface area contributed by atoms with Crippen LogP contribution in [0, 0.1) is 0 Å². The minimum absolute atomic E-state index is 0.230. The molecule has 0 saturated carbocycles. The zero-order valence-electron chi connectivity index (χ0n) is 14.7. The molecule has 0 aromatic carbocycles. The van der Waals surface area contributed by atoms with E-state index in [1.54, 1.807) is 4.90 Å². The Morgan fingerprint density at radius 2 is 1.79 bits per heavy atom. The van der Waals surface area contributed by atoms with Gasteiger partial charge in [-0.05, 0) is 39.4 Å². The molecule has 24 heavy (non-hydrogen) atoms. The molecular weight excluding hydrogens is 330 g/mol. The molecule has 0 N–H and O–H groups in total. The van der Waals surface area contributed by atoms with Crippen LogP contribution in [0.5, 0.6) is 0 Å². The number of carbonyl (C=O) groups excluding carboxylic acids is 1. The predicted molar refractivity (Wildman–Crippen MR) is 92.2 cm³/mol. The zero-order valence-corrected chi connectivity index (χ0v) is 15.4. The molecule has 8 heteroatoms. The summed E-state index contributed by atoms with van der Waals surface area (Å²) in [6.07, 6.45) is -0.332. The number of nitrogens with zero attached hydrogens (tertiary/aromatic N) is 5. The first-order chi connectivity index (χ1) is 11.2. The molecule has 1 aromatic heterocycles. The van der Waals surface area contributed by atoms with Crippen LogP contribution in [0.4, 0.5) is 10.6 Å². The lowest BCUT2D eigenvalue weighted by Gasteiger charge is -2.34. The van der Waals surface area contributed by atoms with Crippen LogP contribution in [-0.4, -0.2) is 64.7 Å². The first-order valence-electron chi connectivity index (χ1n) is 8.19. The maximum atomic E-state index is 12.3. The number of likely N-dealkylation sites (N-methyl/N-ethyl adjacent to an activating group) is 1. The molecule has 1 saturated heterocycles. The Balaban J connectivity index is 1.81. The van der Waals surface area contributed by atoms with Crippen molar-refractivity contribution in [2.24, 2.45) is 0 Å². The first kappa shape index (κ1) is 17.2. The third kappa shape index (κ3) is 3.72. The number of hydrogen-bond donors (Lipinski definition) is 0. The van der Waals surface area contributed by atoms with Gasteiger partial charge in [-0.15, -0.1) is 0 Å². The lowest BCUT2D eigenvalue weighted by molar-refractivity contribution is 0.0241. The van der Waals surface area contributed by atoms with Crippen LogP contribution < -0.4 is 4.90 Å². The fraction of sp³-hybridized carbons (Fsp3) is 0.688. The maximum absolute atomic E-state index is 12.3. The van der Waals surface area contributed by atoms with Gasteiger partial charge in [0.2, 0.25) is 5.28 Å². The van der Waals surface area contributed by atoms with Crippen LogP contribution in [0.25, 0.3) is 0 Å². The summed E-state index contributed by atoms with van der Waals surface area (Å²) in [6.45, 7) is 10.2. The molecule has 0 atom stereocenters. The maximum Gasteiger partial charge on any atom is 0.410 e. The van der Waals surface area contributed by atoms with Gasteiger partial charge in [0.05, 0.1) is 18.8 Å². The number of ether oxygens (including phenoxy) is 1. The van der Waals surface area contributed by atoms with Crippen molar-refractivity contribution in [1.29, 1.82) is 0 Å². The van der Waals surface area contributed by atoms with Crippen molar-refractivity contribution in [2.75, 3.05) is 38.1 Å². The molecule has 1 aromatic rings. The summed E-state index contributed by atoms with van der Waals surface area (Å²) in [7, 11) is 2.11. The van der Waals surface area contributed by atoms with Gasteiger partial charge in [0.25, 0.3) is 0 Å². The van der Waals surface area contributed by atoms with Crippen molar-refractivity contribution >= 4 is 23.5 Å². The van der Waals surface area contributed by atoms with E-state index in [4.69, 9.17) is 16.3 Å². The number of halogens is 1. The highest BCUT2D eigenvalue weighted by atomic mass is 35.5. The van der Waals surface area contributed by atoms with E-state index in [9.17, 15) is 4.79 Å². The Labute approximate surface area is 147 Å². The Morgan fingerprint density at radius 1 is 1.12 bits per heavy atom. The van der Waals surface area contributed by atoms with Crippen molar-refractivity contribution in [1.82, 2.24) is 19.8 Å². The fourth-order valence-corrected chi connectivity index (χ4v) is 3.13. The van der Waals surface area contributed by atoms with E-state index < -0.39 is 5.60 Å². The van der Waals surface area contributed by atoms with Crippen LogP contribution in [0.15, 0.2) is 0 Å². The highest BCUT2D eigenvalue weighted by Crippen LogP contribution is 2.31. The average Bonchev–Trinajstić information content (AvgIpc) is 2.89.